The molecule has 2 amide bonds. The van der Waals surface area contributed by atoms with Crippen LogP contribution in [-0.2, 0) is 22.5 Å². The highest BCUT2D eigenvalue weighted by molar-refractivity contribution is 5.94. The van der Waals surface area contributed by atoms with Gasteiger partial charge in [0.25, 0.3) is 0 Å². The lowest BCUT2D eigenvalue weighted by Gasteiger charge is -2.27. The number of aromatic nitrogens is 1. The number of ether oxygens (including phenoxy) is 3. The normalized spacial score (nSPS) is 11.2. The first-order chi connectivity index (χ1) is 20.1. The maximum atomic E-state index is 15.2. The van der Waals surface area contributed by atoms with Crippen molar-refractivity contribution in [3.8, 4) is 17.2 Å². The highest BCUT2D eigenvalue weighted by atomic mass is 19.1. The van der Waals surface area contributed by atoms with Crippen LogP contribution in [0, 0.1) is 5.82 Å². The molecule has 0 aliphatic carbocycles. The number of methoxy groups -OCH3 is 1. The molecule has 0 radical (unpaired) electrons. The van der Waals surface area contributed by atoms with Crippen LogP contribution in [0.2, 0.25) is 0 Å². The van der Waals surface area contributed by atoms with E-state index in [0.717, 1.165) is 24.0 Å². The van der Waals surface area contributed by atoms with Crippen LogP contribution < -0.4 is 14.8 Å². The van der Waals surface area contributed by atoms with Crippen molar-refractivity contribution in [3.63, 3.8) is 0 Å². The number of carbonyl (C=O) groups is 2. The van der Waals surface area contributed by atoms with E-state index >= 15 is 4.39 Å². The first-order valence-electron chi connectivity index (χ1n) is 13.8. The van der Waals surface area contributed by atoms with Gasteiger partial charge in [0.15, 0.2) is 11.6 Å². The van der Waals surface area contributed by atoms with Gasteiger partial charge in [-0.2, -0.15) is 0 Å². The average molecular weight is 574 g/mol. The van der Waals surface area contributed by atoms with Gasteiger partial charge < -0.3 is 19.5 Å². The van der Waals surface area contributed by atoms with E-state index in [9.17, 15) is 9.59 Å². The molecule has 0 aliphatic rings. The number of carbonyl (C=O) groups excluding carboxylic acids is 2. The number of hydrogen-bond acceptors (Lipinski definition) is 6. The molecule has 3 aromatic carbocycles. The second-order valence-corrected chi connectivity index (χ2v) is 10.9. The number of anilines is 1. The molecule has 0 unspecified atom stereocenters. The van der Waals surface area contributed by atoms with Gasteiger partial charge in [0, 0.05) is 29.9 Å². The summed E-state index contributed by atoms with van der Waals surface area (Å²) in [5.74, 6) is -0.0449. The van der Waals surface area contributed by atoms with E-state index in [1.807, 2.05) is 42.5 Å². The van der Waals surface area contributed by atoms with E-state index in [4.69, 9.17) is 14.2 Å². The minimum absolute atomic E-state index is 0.0171. The molecule has 9 heteroatoms. The van der Waals surface area contributed by atoms with Crippen LogP contribution in [0.4, 0.5) is 14.9 Å². The number of nitrogens with zero attached hydrogens (tertiary/aromatic N) is 2. The lowest BCUT2D eigenvalue weighted by atomic mass is 10.1. The van der Waals surface area contributed by atoms with Gasteiger partial charge in [-0.05, 0) is 68.7 Å². The third kappa shape index (κ3) is 7.96. The van der Waals surface area contributed by atoms with Gasteiger partial charge in [-0.3, -0.25) is 14.7 Å². The molecule has 4 rings (SSSR count). The van der Waals surface area contributed by atoms with Crippen LogP contribution in [-0.4, -0.2) is 41.1 Å². The second-order valence-electron chi connectivity index (χ2n) is 10.9. The van der Waals surface area contributed by atoms with Crippen LogP contribution in [0.25, 0.3) is 10.9 Å². The number of nitrogens with one attached hydrogen (secondary N) is 1. The zero-order valence-electron chi connectivity index (χ0n) is 24.6. The number of halogens is 1. The predicted molar refractivity (Wildman–Crippen MR) is 160 cm³/mol. The van der Waals surface area contributed by atoms with Gasteiger partial charge in [-0.15, -0.1) is 0 Å². The zero-order chi connectivity index (χ0) is 30.3. The lowest BCUT2D eigenvalue weighted by molar-refractivity contribution is -0.117. The number of fused-ring (bicyclic) bond motifs is 1. The number of hydrogen-bond donors (Lipinski definition) is 1. The molecule has 1 aromatic heterocycles. The Balaban J connectivity index is 1.49. The highest BCUT2D eigenvalue weighted by Gasteiger charge is 2.24. The minimum Gasteiger partial charge on any atom is -0.496 e. The van der Waals surface area contributed by atoms with Gasteiger partial charge >= 0.3 is 6.09 Å². The van der Waals surface area contributed by atoms with Crippen LogP contribution in [0.15, 0.2) is 72.9 Å². The van der Waals surface area contributed by atoms with Crippen molar-refractivity contribution >= 4 is 28.6 Å². The largest absolute Gasteiger partial charge is 0.496 e. The van der Waals surface area contributed by atoms with Crippen LogP contribution in [0.1, 0.15) is 45.2 Å². The summed E-state index contributed by atoms with van der Waals surface area (Å²) in [5, 5.41) is 3.35. The fraction of sp³-hybridized carbons (Fsp3) is 0.303. The van der Waals surface area contributed by atoms with Gasteiger partial charge in [0.05, 0.1) is 12.6 Å². The van der Waals surface area contributed by atoms with Gasteiger partial charge in [-0.1, -0.05) is 43.7 Å². The van der Waals surface area contributed by atoms with E-state index in [1.54, 1.807) is 40.1 Å². The molecule has 4 aromatic rings. The smallest absolute Gasteiger partial charge is 0.411 e. The second kappa shape index (κ2) is 13.3. The third-order valence-corrected chi connectivity index (χ3v) is 6.26. The summed E-state index contributed by atoms with van der Waals surface area (Å²) in [6, 6.07) is 18.9. The topological polar surface area (TPSA) is 90.0 Å². The molecule has 220 valence electrons. The van der Waals surface area contributed by atoms with E-state index in [0.29, 0.717) is 22.4 Å². The average Bonchev–Trinajstić information content (AvgIpc) is 2.93. The number of aryl methyl sites for hydroxylation is 1. The molecule has 1 N–H and O–H groups in total. The quantitative estimate of drug-likeness (QED) is 0.211. The molecule has 1 heterocycles. The van der Waals surface area contributed by atoms with Gasteiger partial charge in [0.1, 0.15) is 23.6 Å². The number of amides is 2. The summed E-state index contributed by atoms with van der Waals surface area (Å²) in [6.07, 6.45) is 2.78. The molecule has 0 bridgehead atoms. The van der Waals surface area contributed by atoms with Crippen molar-refractivity contribution in [3.05, 3.63) is 89.9 Å². The Morgan fingerprint density at radius 2 is 1.74 bits per heavy atom. The number of rotatable bonds is 10. The van der Waals surface area contributed by atoms with E-state index in [2.05, 4.69) is 17.2 Å². The Labute approximate surface area is 245 Å². The molecule has 8 nitrogen and oxygen atoms in total. The van der Waals surface area contributed by atoms with Crippen molar-refractivity contribution in [2.45, 2.75) is 52.7 Å². The molecular formula is C33H36FN3O5. The predicted octanol–water partition coefficient (Wildman–Crippen LogP) is 7.50. The molecule has 0 saturated carbocycles. The molecule has 0 spiro atoms. The Morgan fingerprint density at radius 3 is 2.40 bits per heavy atom. The summed E-state index contributed by atoms with van der Waals surface area (Å²) >= 11 is 0. The van der Waals surface area contributed by atoms with E-state index in [-0.39, 0.29) is 24.5 Å². The Kier molecular flexibility index (Phi) is 9.62. The summed E-state index contributed by atoms with van der Waals surface area (Å²) in [4.78, 5) is 31.5. The number of benzene rings is 3. The van der Waals surface area contributed by atoms with Gasteiger partial charge in [0.2, 0.25) is 5.91 Å². The van der Waals surface area contributed by atoms with Crippen molar-refractivity contribution < 1.29 is 28.2 Å². The van der Waals surface area contributed by atoms with Crippen molar-refractivity contribution in [2.24, 2.45) is 0 Å². The Morgan fingerprint density at radius 1 is 0.976 bits per heavy atom. The van der Waals surface area contributed by atoms with Crippen molar-refractivity contribution in [2.75, 3.05) is 19.0 Å². The maximum absolute atomic E-state index is 15.2. The van der Waals surface area contributed by atoms with E-state index in [1.165, 1.54) is 23.1 Å². The summed E-state index contributed by atoms with van der Waals surface area (Å²) in [5.41, 5.74) is 2.08. The standard InChI is InChI=1S/C33H36FN3O5/c1-6-10-23-17-27-25(19-30(23)40-5)28(15-16-35-27)41-29-14-13-24(18-26(29)34)36-31(38)21-37(32(39)42-33(2,3)4)20-22-11-8-7-9-12-22/h7-9,11-19H,6,10,20-21H2,1-5H3,(H,36,38). The van der Waals surface area contributed by atoms with Gasteiger partial charge in [-0.25, -0.2) is 9.18 Å². The van der Waals surface area contributed by atoms with Crippen LogP contribution in [0.5, 0.6) is 17.2 Å². The molecule has 0 atom stereocenters. The molecule has 0 fully saturated rings. The summed E-state index contributed by atoms with van der Waals surface area (Å²) in [6.45, 7) is 7.25. The fourth-order valence-electron chi connectivity index (χ4n) is 4.40. The summed E-state index contributed by atoms with van der Waals surface area (Å²) < 4.78 is 32.1. The zero-order valence-corrected chi connectivity index (χ0v) is 24.6. The first kappa shape index (κ1) is 30.3. The fourth-order valence-corrected chi connectivity index (χ4v) is 4.40. The van der Waals surface area contributed by atoms with E-state index < -0.39 is 23.4 Å². The Hall–Kier alpha value is -4.66. The van der Waals surface area contributed by atoms with Crippen molar-refractivity contribution in [1.29, 1.82) is 0 Å². The monoisotopic (exact) mass is 573 g/mol. The van der Waals surface area contributed by atoms with Crippen LogP contribution in [0.3, 0.4) is 0 Å². The first-order valence-corrected chi connectivity index (χ1v) is 13.8. The highest BCUT2D eigenvalue weighted by Crippen LogP contribution is 2.35. The summed E-state index contributed by atoms with van der Waals surface area (Å²) in [7, 11) is 1.61. The molecule has 42 heavy (non-hydrogen) atoms. The van der Waals surface area contributed by atoms with Crippen LogP contribution >= 0.6 is 0 Å². The van der Waals surface area contributed by atoms with Crippen molar-refractivity contribution in [1.82, 2.24) is 9.88 Å². The molecule has 0 saturated heterocycles. The lowest BCUT2D eigenvalue weighted by Crippen LogP contribution is -2.41. The molecule has 0 aliphatic heterocycles. The minimum atomic E-state index is -0.732. The maximum Gasteiger partial charge on any atom is 0.411 e. The Bertz CT molecular complexity index is 1550. The SMILES string of the molecule is CCCc1cc2nccc(Oc3ccc(NC(=O)CN(Cc4ccccc4)C(=O)OC(C)(C)C)cc3F)c2cc1OC. The molecular weight excluding hydrogens is 537 g/mol. The number of pyridine rings is 1. The third-order valence-electron chi connectivity index (χ3n) is 6.26.